The van der Waals surface area contributed by atoms with Gasteiger partial charge in [0.05, 0.1) is 5.54 Å². The molecule has 0 fully saturated rings. The summed E-state index contributed by atoms with van der Waals surface area (Å²) < 4.78 is 0. The zero-order chi connectivity index (χ0) is 12.9. The van der Waals surface area contributed by atoms with Gasteiger partial charge in [0.15, 0.2) is 0 Å². The molecule has 0 atom stereocenters. The van der Waals surface area contributed by atoms with E-state index in [2.05, 4.69) is 17.4 Å². The van der Waals surface area contributed by atoms with Gasteiger partial charge >= 0.3 is 0 Å². The summed E-state index contributed by atoms with van der Waals surface area (Å²) in [6, 6.07) is 10.2. The van der Waals surface area contributed by atoms with Crippen LogP contribution in [0.4, 0.5) is 0 Å². The topological polar surface area (TPSA) is 32.3 Å². The van der Waals surface area contributed by atoms with E-state index in [0.29, 0.717) is 0 Å². The van der Waals surface area contributed by atoms with Crippen molar-refractivity contribution in [1.82, 2.24) is 10.2 Å². The molecule has 1 aromatic rings. The number of carbonyl (C=O) groups is 1. The van der Waals surface area contributed by atoms with Crippen LogP contribution in [0.1, 0.15) is 19.4 Å². The summed E-state index contributed by atoms with van der Waals surface area (Å²) in [7, 11) is 3.66. The molecular weight excluding hydrogens is 212 g/mol. The van der Waals surface area contributed by atoms with Gasteiger partial charge in [-0.15, -0.1) is 0 Å². The van der Waals surface area contributed by atoms with Gasteiger partial charge in [-0.25, -0.2) is 0 Å². The third-order valence-corrected chi connectivity index (χ3v) is 3.09. The van der Waals surface area contributed by atoms with Crippen LogP contribution in [0.2, 0.25) is 0 Å². The molecule has 0 bridgehead atoms. The van der Waals surface area contributed by atoms with Crippen molar-refractivity contribution in [2.75, 3.05) is 20.6 Å². The summed E-state index contributed by atoms with van der Waals surface area (Å²) in [6.45, 7) is 4.54. The molecular formula is C14H22N2O. The van der Waals surface area contributed by atoms with Gasteiger partial charge < -0.3 is 10.2 Å². The molecule has 3 nitrogen and oxygen atoms in total. The lowest BCUT2D eigenvalue weighted by Crippen LogP contribution is -2.52. The molecule has 0 aromatic heterocycles. The van der Waals surface area contributed by atoms with Crippen molar-refractivity contribution < 1.29 is 4.79 Å². The first kappa shape index (κ1) is 13.7. The van der Waals surface area contributed by atoms with Crippen LogP contribution in [-0.2, 0) is 11.2 Å². The molecule has 0 spiro atoms. The Kier molecular flexibility index (Phi) is 4.70. The second-order valence-electron chi connectivity index (χ2n) is 4.84. The fraction of sp³-hybridized carbons (Fsp3) is 0.500. The Morgan fingerprint density at radius 1 is 1.29 bits per heavy atom. The number of nitrogens with zero attached hydrogens (tertiary/aromatic N) is 1. The lowest BCUT2D eigenvalue weighted by atomic mass is 10.0. The highest BCUT2D eigenvalue weighted by molar-refractivity contribution is 5.85. The highest BCUT2D eigenvalue weighted by atomic mass is 16.2. The van der Waals surface area contributed by atoms with Crippen molar-refractivity contribution >= 4 is 5.91 Å². The molecule has 0 aliphatic carbocycles. The van der Waals surface area contributed by atoms with Crippen LogP contribution in [0.3, 0.4) is 0 Å². The Morgan fingerprint density at radius 2 is 1.88 bits per heavy atom. The SMILES string of the molecule is CNC(C)(C)C(=O)N(C)CCc1ccccc1. The number of nitrogens with one attached hydrogen (secondary N) is 1. The largest absolute Gasteiger partial charge is 0.344 e. The first-order chi connectivity index (χ1) is 7.97. The number of benzene rings is 1. The molecule has 3 heteroatoms. The van der Waals surface area contributed by atoms with E-state index in [1.165, 1.54) is 5.56 Å². The minimum Gasteiger partial charge on any atom is -0.344 e. The van der Waals surface area contributed by atoms with E-state index in [1.54, 1.807) is 4.90 Å². The van der Waals surface area contributed by atoms with Gasteiger partial charge in [-0.3, -0.25) is 4.79 Å². The smallest absolute Gasteiger partial charge is 0.242 e. The Bertz CT molecular complexity index is 360. The van der Waals surface area contributed by atoms with E-state index >= 15 is 0 Å². The summed E-state index contributed by atoms with van der Waals surface area (Å²) in [5.41, 5.74) is 0.764. The van der Waals surface area contributed by atoms with E-state index in [4.69, 9.17) is 0 Å². The zero-order valence-corrected chi connectivity index (χ0v) is 11.2. The minimum atomic E-state index is -0.495. The quantitative estimate of drug-likeness (QED) is 0.841. The van der Waals surface area contributed by atoms with Crippen molar-refractivity contribution in [2.45, 2.75) is 25.8 Å². The predicted molar refractivity (Wildman–Crippen MR) is 70.9 cm³/mol. The average Bonchev–Trinajstić information content (AvgIpc) is 2.36. The molecule has 0 heterocycles. The molecule has 1 rings (SSSR count). The molecule has 0 radical (unpaired) electrons. The minimum absolute atomic E-state index is 0.121. The van der Waals surface area contributed by atoms with Gasteiger partial charge in [-0.1, -0.05) is 30.3 Å². The first-order valence-corrected chi connectivity index (χ1v) is 5.96. The van der Waals surface area contributed by atoms with Crippen LogP contribution in [0.25, 0.3) is 0 Å². The Hall–Kier alpha value is -1.35. The monoisotopic (exact) mass is 234 g/mol. The maximum absolute atomic E-state index is 12.1. The summed E-state index contributed by atoms with van der Waals surface area (Å²) in [6.07, 6.45) is 0.892. The van der Waals surface area contributed by atoms with Crippen LogP contribution in [0.15, 0.2) is 30.3 Å². The average molecular weight is 234 g/mol. The van der Waals surface area contributed by atoms with E-state index in [1.807, 2.05) is 46.1 Å². The third-order valence-electron chi connectivity index (χ3n) is 3.09. The standard InChI is InChI=1S/C14H22N2O/c1-14(2,15-3)13(17)16(4)11-10-12-8-6-5-7-9-12/h5-9,15H,10-11H2,1-4H3. The van der Waals surface area contributed by atoms with Crippen molar-refractivity contribution in [3.05, 3.63) is 35.9 Å². The van der Waals surface area contributed by atoms with E-state index in [-0.39, 0.29) is 5.91 Å². The van der Waals surface area contributed by atoms with Crippen LogP contribution in [0.5, 0.6) is 0 Å². The second-order valence-corrected chi connectivity index (χ2v) is 4.84. The first-order valence-electron chi connectivity index (χ1n) is 5.96. The Labute approximate surface area is 104 Å². The Morgan fingerprint density at radius 3 is 2.41 bits per heavy atom. The van der Waals surface area contributed by atoms with Gasteiger partial charge in [-0.2, -0.15) is 0 Å². The molecule has 1 N–H and O–H groups in total. The molecule has 0 saturated heterocycles. The molecule has 1 amide bonds. The normalized spacial score (nSPS) is 11.3. The highest BCUT2D eigenvalue weighted by Gasteiger charge is 2.27. The molecule has 0 unspecified atom stereocenters. The van der Waals surface area contributed by atoms with Crippen LogP contribution >= 0.6 is 0 Å². The van der Waals surface area contributed by atoms with Gasteiger partial charge in [0.1, 0.15) is 0 Å². The molecule has 1 aromatic carbocycles. The fourth-order valence-corrected chi connectivity index (χ4v) is 1.63. The zero-order valence-electron chi connectivity index (χ0n) is 11.2. The van der Waals surface area contributed by atoms with E-state index < -0.39 is 5.54 Å². The second kappa shape index (κ2) is 5.82. The lowest BCUT2D eigenvalue weighted by Gasteiger charge is -2.29. The molecule has 0 saturated carbocycles. The van der Waals surface area contributed by atoms with Gasteiger partial charge in [-0.05, 0) is 32.9 Å². The van der Waals surface area contributed by atoms with Crippen LogP contribution in [-0.4, -0.2) is 37.0 Å². The van der Waals surface area contributed by atoms with Crippen molar-refractivity contribution in [3.8, 4) is 0 Å². The van der Waals surface area contributed by atoms with Crippen LogP contribution < -0.4 is 5.32 Å². The number of hydrogen-bond donors (Lipinski definition) is 1. The Balaban J connectivity index is 2.50. The summed E-state index contributed by atoms with van der Waals surface area (Å²) in [4.78, 5) is 13.9. The predicted octanol–water partition coefficient (Wildman–Crippen LogP) is 1.69. The fourth-order valence-electron chi connectivity index (χ4n) is 1.63. The summed E-state index contributed by atoms with van der Waals surface area (Å²) >= 11 is 0. The van der Waals surface area contributed by atoms with Crippen molar-refractivity contribution in [3.63, 3.8) is 0 Å². The highest BCUT2D eigenvalue weighted by Crippen LogP contribution is 2.07. The van der Waals surface area contributed by atoms with Gasteiger partial charge in [0.2, 0.25) is 5.91 Å². The van der Waals surface area contributed by atoms with Crippen molar-refractivity contribution in [2.24, 2.45) is 0 Å². The van der Waals surface area contributed by atoms with E-state index in [9.17, 15) is 4.79 Å². The maximum Gasteiger partial charge on any atom is 0.242 e. The molecule has 94 valence electrons. The number of hydrogen-bond acceptors (Lipinski definition) is 2. The number of carbonyl (C=O) groups excluding carboxylic acids is 1. The van der Waals surface area contributed by atoms with Gasteiger partial charge in [0, 0.05) is 13.6 Å². The lowest BCUT2D eigenvalue weighted by molar-refractivity contribution is -0.135. The molecule has 0 aliphatic heterocycles. The molecule has 17 heavy (non-hydrogen) atoms. The van der Waals surface area contributed by atoms with Crippen molar-refractivity contribution in [1.29, 1.82) is 0 Å². The third kappa shape index (κ3) is 3.86. The van der Waals surface area contributed by atoms with Crippen LogP contribution in [0, 0.1) is 0 Å². The maximum atomic E-state index is 12.1. The number of rotatable bonds is 5. The number of amides is 1. The van der Waals surface area contributed by atoms with Gasteiger partial charge in [0.25, 0.3) is 0 Å². The number of likely N-dealkylation sites (N-methyl/N-ethyl adjacent to an activating group) is 2. The summed E-state index contributed by atoms with van der Waals surface area (Å²) in [5, 5.41) is 3.03. The van der Waals surface area contributed by atoms with E-state index in [0.717, 1.165) is 13.0 Å². The summed E-state index contributed by atoms with van der Waals surface area (Å²) in [5.74, 6) is 0.121. The molecule has 0 aliphatic rings.